The molecule has 4 heteroatoms. The van der Waals surface area contributed by atoms with E-state index in [-0.39, 0.29) is 12.0 Å². The number of carbonyl (C=O) groups is 1. The number of ether oxygens (including phenoxy) is 1. The van der Waals surface area contributed by atoms with Crippen molar-refractivity contribution >= 4 is 17.5 Å². The first kappa shape index (κ1) is 14.4. The summed E-state index contributed by atoms with van der Waals surface area (Å²) in [5, 5.41) is 0. The minimum absolute atomic E-state index is 0.133. The molecule has 1 aromatic rings. The van der Waals surface area contributed by atoms with E-state index in [1.165, 1.54) is 0 Å². The van der Waals surface area contributed by atoms with Crippen LogP contribution in [-0.4, -0.2) is 42.5 Å². The molecule has 104 valence electrons. The van der Waals surface area contributed by atoms with Gasteiger partial charge in [0.15, 0.2) is 0 Å². The number of nitrogens with zero attached hydrogens (tertiary/aromatic N) is 1. The summed E-state index contributed by atoms with van der Waals surface area (Å²) >= 11 is 5.61. The number of aryl methyl sites for hydroxylation is 1. The highest BCUT2D eigenvalue weighted by Gasteiger charge is 2.24. The highest BCUT2D eigenvalue weighted by molar-refractivity contribution is 6.17. The van der Waals surface area contributed by atoms with Gasteiger partial charge in [-0.2, -0.15) is 0 Å². The molecule has 2 rings (SSSR count). The number of rotatable bonds is 4. The summed E-state index contributed by atoms with van der Waals surface area (Å²) in [5.41, 5.74) is 1.84. The Labute approximate surface area is 119 Å². The third-order valence-electron chi connectivity index (χ3n) is 3.54. The first-order valence-corrected chi connectivity index (χ1v) is 7.28. The molecule has 0 unspecified atom stereocenters. The SMILES string of the molecule is Cc1ccccc1C(=O)N1CCC(OCCCl)CC1. The quantitative estimate of drug-likeness (QED) is 0.794. The molecule has 1 heterocycles. The Morgan fingerprint density at radius 2 is 2.05 bits per heavy atom. The molecule has 1 amide bonds. The molecule has 1 aromatic carbocycles. The fourth-order valence-corrected chi connectivity index (χ4v) is 2.51. The van der Waals surface area contributed by atoms with Crippen LogP contribution >= 0.6 is 11.6 Å². The molecule has 3 nitrogen and oxygen atoms in total. The Morgan fingerprint density at radius 3 is 2.68 bits per heavy atom. The number of amides is 1. The summed E-state index contributed by atoms with van der Waals surface area (Å²) in [5.74, 6) is 0.663. The molecule has 1 aliphatic heterocycles. The van der Waals surface area contributed by atoms with Gasteiger partial charge in [-0.25, -0.2) is 0 Å². The van der Waals surface area contributed by atoms with Crippen molar-refractivity contribution in [3.8, 4) is 0 Å². The van der Waals surface area contributed by atoms with Gasteiger partial charge in [-0.3, -0.25) is 4.79 Å². The third kappa shape index (κ3) is 3.71. The number of alkyl halides is 1. The fourth-order valence-electron chi connectivity index (χ4n) is 2.42. The molecular weight excluding hydrogens is 262 g/mol. The molecule has 0 spiro atoms. The normalized spacial score (nSPS) is 16.6. The van der Waals surface area contributed by atoms with Crippen molar-refractivity contribution in [3.63, 3.8) is 0 Å². The van der Waals surface area contributed by atoms with Gasteiger partial charge in [-0.15, -0.1) is 11.6 Å². The maximum absolute atomic E-state index is 12.4. The molecule has 0 aromatic heterocycles. The molecule has 1 fully saturated rings. The van der Waals surface area contributed by atoms with Crippen LogP contribution in [-0.2, 0) is 4.74 Å². The lowest BCUT2D eigenvalue weighted by molar-refractivity contribution is 0.0154. The van der Waals surface area contributed by atoms with Crippen LogP contribution in [0.2, 0.25) is 0 Å². The summed E-state index contributed by atoms with van der Waals surface area (Å²) in [6.07, 6.45) is 2.04. The fraction of sp³-hybridized carbons (Fsp3) is 0.533. The Hall–Kier alpha value is -1.06. The summed E-state index contributed by atoms with van der Waals surface area (Å²) in [6.45, 7) is 4.10. The van der Waals surface area contributed by atoms with Crippen molar-refractivity contribution in [2.24, 2.45) is 0 Å². The standard InChI is InChI=1S/C15H20ClNO2/c1-12-4-2-3-5-14(12)15(18)17-9-6-13(7-10-17)19-11-8-16/h2-5,13H,6-11H2,1H3. The smallest absolute Gasteiger partial charge is 0.254 e. The van der Waals surface area contributed by atoms with E-state index < -0.39 is 0 Å². The van der Waals surface area contributed by atoms with E-state index in [2.05, 4.69) is 0 Å². The van der Waals surface area contributed by atoms with Crippen molar-refractivity contribution in [1.29, 1.82) is 0 Å². The molecule has 0 N–H and O–H groups in total. The predicted molar refractivity (Wildman–Crippen MR) is 76.8 cm³/mol. The van der Waals surface area contributed by atoms with E-state index in [9.17, 15) is 4.79 Å². The third-order valence-corrected chi connectivity index (χ3v) is 3.69. The Morgan fingerprint density at radius 1 is 1.37 bits per heavy atom. The van der Waals surface area contributed by atoms with Crippen molar-refractivity contribution in [2.75, 3.05) is 25.6 Å². The number of benzene rings is 1. The first-order chi connectivity index (χ1) is 9.22. The van der Waals surface area contributed by atoms with Crippen LogP contribution in [0.4, 0.5) is 0 Å². The van der Waals surface area contributed by atoms with Gasteiger partial charge in [0, 0.05) is 24.5 Å². The molecule has 0 saturated carbocycles. The minimum Gasteiger partial charge on any atom is -0.377 e. The number of carbonyl (C=O) groups excluding carboxylic acids is 1. The van der Waals surface area contributed by atoms with E-state index in [0.717, 1.165) is 37.1 Å². The van der Waals surface area contributed by atoms with E-state index in [1.54, 1.807) is 0 Å². The predicted octanol–water partition coefficient (Wildman–Crippen LogP) is 2.86. The molecule has 0 bridgehead atoms. The number of hydrogen-bond acceptors (Lipinski definition) is 2. The molecule has 0 aliphatic carbocycles. The van der Waals surface area contributed by atoms with Gasteiger partial charge in [0.25, 0.3) is 5.91 Å². The second-order valence-corrected chi connectivity index (χ2v) is 5.24. The zero-order valence-electron chi connectivity index (χ0n) is 11.3. The van der Waals surface area contributed by atoms with Crippen molar-refractivity contribution < 1.29 is 9.53 Å². The van der Waals surface area contributed by atoms with Gasteiger partial charge >= 0.3 is 0 Å². The molecule has 1 aliphatic rings. The lowest BCUT2D eigenvalue weighted by Gasteiger charge is -2.32. The lowest BCUT2D eigenvalue weighted by Crippen LogP contribution is -2.41. The second kappa shape index (κ2) is 6.92. The van der Waals surface area contributed by atoms with E-state index >= 15 is 0 Å². The van der Waals surface area contributed by atoms with Crippen molar-refractivity contribution in [3.05, 3.63) is 35.4 Å². The second-order valence-electron chi connectivity index (χ2n) is 4.87. The maximum atomic E-state index is 12.4. The van der Waals surface area contributed by atoms with Crippen LogP contribution < -0.4 is 0 Å². The Bertz CT molecular complexity index is 428. The van der Waals surface area contributed by atoms with Crippen LogP contribution in [0.25, 0.3) is 0 Å². The van der Waals surface area contributed by atoms with Crippen LogP contribution in [0, 0.1) is 6.92 Å². The molecule has 19 heavy (non-hydrogen) atoms. The summed E-state index contributed by atoms with van der Waals surface area (Å²) in [4.78, 5) is 14.3. The van der Waals surface area contributed by atoms with Gasteiger partial charge in [0.1, 0.15) is 0 Å². The molecular formula is C15H20ClNO2. The highest BCUT2D eigenvalue weighted by atomic mass is 35.5. The minimum atomic E-state index is 0.133. The number of likely N-dealkylation sites (tertiary alicyclic amines) is 1. The van der Waals surface area contributed by atoms with E-state index in [0.29, 0.717) is 12.5 Å². The molecule has 0 atom stereocenters. The number of halogens is 1. The van der Waals surface area contributed by atoms with Crippen LogP contribution in [0.3, 0.4) is 0 Å². The number of hydrogen-bond donors (Lipinski definition) is 0. The number of piperidine rings is 1. The van der Waals surface area contributed by atoms with Gasteiger partial charge in [0.2, 0.25) is 0 Å². The lowest BCUT2D eigenvalue weighted by atomic mass is 10.0. The molecule has 0 radical (unpaired) electrons. The zero-order valence-corrected chi connectivity index (χ0v) is 12.0. The van der Waals surface area contributed by atoms with Gasteiger partial charge in [-0.05, 0) is 31.4 Å². The summed E-state index contributed by atoms with van der Waals surface area (Å²) < 4.78 is 5.62. The van der Waals surface area contributed by atoms with Crippen LogP contribution in [0.5, 0.6) is 0 Å². The van der Waals surface area contributed by atoms with Gasteiger partial charge in [0.05, 0.1) is 12.7 Å². The van der Waals surface area contributed by atoms with E-state index in [4.69, 9.17) is 16.3 Å². The average Bonchev–Trinajstić information content (AvgIpc) is 2.45. The monoisotopic (exact) mass is 281 g/mol. The van der Waals surface area contributed by atoms with Gasteiger partial charge < -0.3 is 9.64 Å². The maximum Gasteiger partial charge on any atom is 0.254 e. The first-order valence-electron chi connectivity index (χ1n) is 6.75. The summed E-state index contributed by atoms with van der Waals surface area (Å²) in [7, 11) is 0. The Kier molecular flexibility index (Phi) is 5.23. The highest BCUT2D eigenvalue weighted by Crippen LogP contribution is 2.18. The van der Waals surface area contributed by atoms with Crippen molar-refractivity contribution in [2.45, 2.75) is 25.9 Å². The Balaban J connectivity index is 1.91. The van der Waals surface area contributed by atoms with Crippen LogP contribution in [0.15, 0.2) is 24.3 Å². The van der Waals surface area contributed by atoms with Crippen molar-refractivity contribution in [1.82, 2.24) is 4.90 Å². The van der Waals surface area contributed by atoms with Crippen LogP contribution in [0.1, 0.15) is 28.8 Å². The largest absolute Gasteiger partial charge is 0.377 e. The van der Waals surface area contributed by atoms with Gasteiger partial charge in [-0.1, -0.05) is 18.2 Å². The summed E-state index contributed by atoms with van der Waals surface area (Å²) in [6, 6.07) is 7.74. The zero-order chi connectivity index (χ0) is 13.7. The molecule has 1 saturated heterocycles. The average molecular weight is 282 g/mol. The topological polar surface area (TPSA) is 29.5 Å². The van der Waals surface area contributed by atoms with E-state index in [1.807, 2.05) is 36.1 Å².